The fourth-order valence-electron chi connectivity index (χ4n) is 4.47. The molecule has 1 fully saturated rings. The lowest BCUT2D eigenvalue weighted by atomic mass is 9.95. The van der Waals surface area contributed by atoms with Crippen molar-refractivity contribution in [2.45, 2.75) is 38.0 Å². The lowest BCUT2D eigenvalue weighted by molar-refractivity contribution is -0.123. The van der Waals surface area contributed by atoms with E-state index >= 15 is 0 Å². The predicted octanol–water partition coefficient (Wildman–Crippen LogP) is 3.19. The number of ether oxygens (including phenoxy) is 1. The van der Waals surface area contributed by atoms with Gasteiger partial charge in [0.2, 0.25) is 15.9 Å². The third-order valence-corrected chi connectivity index (χ3v) is 8.40. The minimum absolute atomic E-state index is 0.0754. The summed E-state index contributed by atoms with van der Waals surface area (Å²) >= 11 is 1.45. The minimum atomic E-state index is -3.59. The molecule has 5 rings (SSSR count). The Morgan fingerprint density at radius 3 is 2.66 bits per heavy atom. The van der Waals surface area contributed by atoms with E-state index in [4.69, 9.17) is 9.72 Å². The van der Waals surface area contributed by atoms with Crippen molar-refractivity contribution >= 4 is 42.6 Å². The van der Waals surface area contributed by atoms with Crippen LogP contribution in [0.5, 0.6) is 0 Å². The van der Waals surface area contributed by atoms with E-state index in [1.165, 1.54) is 21.9 Å². The first-order valence-corrected chi connectivity index (χ1v) is 13.4. The summed E-state index contributed by atoms with van der Waals surface area (Å²) in [6, 6.07) is 14.7. The summed E-state index contributed by atoms with van der Waals surface area (Å²) in [6.07, 6.45) is 3.27. The summed E-state index contributed by atoms with van der Waals surface area (Å²) in [5.41, 5.74) is 2.77. The van der Waals surface area contributed by atoms with Gasteiger partial charge in [-0.3, -0.25) is 9.69 Å². The summed E-state index contributed by atoms with van der Waals surface area (Å²) in [4.78, 5) is 20.3. The summed E-state index contributed by atoms with van der Waals surface area (Å²) in [7, 11) is -3.59. The smallest absolute Gasteiger partial charge is 0.247 e. The number of sulfonamides is 1. The van der Waals surface area contributed by atoms with Crippen LogP contribution in [-0.4, -0.2) is 55.2 Å². The van der Waals surface area contributed by atoms with E-state index in [1.807, 2.05) is 48.5 Å². The maximum absolute atomic E-state index is 14.0. The van der Waals surface area contributed by atoms with E-state index in [0.717, 1.165) is 34.2 Å². The van der Waals surface area contributed by atoms with Crippen LogP contribution in [0.25, 0.3) is 10.2 Å². The number of anilines is 1. The number of aromatic nitrogens is 1. The van der Waals surface area contributed by atoms with Gasteiger partial charge in [0, 0.05) is 13.2 Å². The second-order valence-corrected chi connectivity index (χ2v) is 11.3. The molecule has 0 radical (unpaired) electrons. The number of amides is 1. The first-order valence-electron chi connectivity index (χ1n) is 10.7. The highest BCUT2D eigenvalue weighted by Gasteiger charge is 2.40. The highest BCUT2D eigenvalue weighted by molar-refractivity contribution is 7.88. The first-order chi connectivity index (χ1) is 15.4. The zero-order valence-corrected chi connectivity index (χ0v) is 19.4. The Morgan fingerprint density at radius 2 is 1.94 bits per heavy atom. The van der Waals surface area contributed by atoms with E-state index in [1.54, 1.807) is 4.90 Å². The SMILES string of the molecule is CS(=O)(=O)N1Cc2ccccc2C[C@H]1C(=O)N(C[C@@H]1CCCO1)c1nc2ccccc2s1. The van der Waals surface area contributed by atoms with E-state index in [2.05, 4.69) is 0 Å². The standard InChI is InChI=1S/C23H25N3O4S2/c1-32(28,29)26-14-17-8-3-2-7-16(17)13-20(26)22(27)25(15-18-9-6-12-30-18)23-24-19-10-4-5-11-21(19)31-23/h2-5,7-8,10-11,18,20H,6,9,12-15H2,1H3/t18-,20-/m0/s1. The van der Waals surface area contributed by atoms with Crippen molar-refractivity contribution in [3.63, 3.8) is 0 Å². The van der Waals surface area contributed by atoms with Gasteiger partial charge in [-0.1, -0.05) is 47.7 Å². The van der Waals surface area contributed by atoms with Crippen LogP contribution in [0.2, 0.25) is 0 Å². The van der Waals surface area contributed by atoms with Gasteiger partial charge in [0.15, 0.2) is 5.13 Å². The molecule has 7 nitrogen and oxygen atoms in total. The fourth-order valence-corrected chi connectivity index (χ4v) is 6.45. The number of rotatable bonds is 5. The van der Waals surface area contributed by atoms with Gasteiger partial charge in [0.05, 0.1) is 29.1 Å². The zero-order chi connectivity index (χ0) is 22.3. The van der Waals surface area contributed by atoms with Crippen molar-refractivity contribution in [2.75, 3.05) is 24.3 Å². The quantitative estimate of drug-likeness (QED) is 0.571. The Balaban J connectivity index is 1.54. The molecule has 2 aromatic carbocycles. The molecule has 0 unspecified atom stereocenters. The van der Waals surface area contributed by atoms with Gasteiger partial charge in [-0.2, -0.15) is 4.31 Å². The molecule has 32 heavy (non-hydrogen) atoms. The van der Waals surface area contributed by atoms with Gasteiger partial charge in [-0.05, 0) is 42.5 Å². The zero-order valence-electron chi connectivity index (χ0n) is 17.8. The third-order valence-electron chi connectivity index (χ3n) is 6.11. The molecule has 2 aliphatic rings. The Bertz CT molecular complexity index is 1220. The largest absolute Gasteiger partial charge is 0.376 e. The Morgan fingerprint density at radius 1 is 1.19 bits per heavy atom. The third kappa shape index (κ3) is 4.17. The van der Waals surface area contributed by atoms with Crippen LogP contribution >= 0.6 is 11.3 Å². The monoisotopic (exact) mass is 471 g/mol. The number of fused-ring (bicyclic) bond motifs is 2. The number of benzene rings is 2. The number of thiazole rings is 1. The molecule has 2 aliphatic heterocycles. The number of nitrogens with zero attached hydrogens (tertiary/aromatic N) is 3. The molecular weight excluding hydrogens is 446 g/mol. The molecule has 1 saturated heterocycles. The van der Waals surface area contributed by atoms with Gasteiger partial charge in [-0.25, -0.2) is 13.4 Å². The average Bonchev–Trinajstić information content (AvgIpc) is 3.45. The van der Waals surface area contributed by atoms with Crippen LogP contribution in [0.1, 0.15) is 24.0 Å². The molecule has 1 amide bonds. The average molecular weight is 472 g/mol. The van der Waals surface area contributed by atoms with Gasteiger partial charge in [0.1, 0.15) is 6.04 Å². The van der Waals surface area contributed by atoms with Gasteiger partial charge < -0.3 is 4.74 Å². The van der Waals surface area contributed by atoms with E-state index in [0.29, 0.717) is 24.7 Å². The number of para-hydroxylation sites is 1. The molecule has 0 bridgehead atoms. The van der Waals surface area contributed by atoms with Crippen molar-refractivity contribution in [3.8, 4) is 0 Å². The predicted molar refractivity (Wildman–Crippen MR) is 125 cm³/mol. The summed E-state index contributed by atoms with van der Waals surface area (Å²) in [5, 5.41) is 0.582. The maximum atomic E-state index is 14.0. The molecule has 3 aromatic rings. The highest BCUT2D eigenvalue weighted by Crippen LogP contribution is 2.33. The number of hydrogen-bond donors (Lipinski definition) is 0. The topological polar surface area (TPSA) is 79.8 Å². The van der Waals surface area contributed by atoms with Crippen LogP contribution in [0.3, 0.4) is 0 Å². The molecule has 168 valence electrons. The summed E-state index contributed by atoms with van der Waals surface area (Å²) in [6.45, 7) is 1.24. The molecule has 1 aromatic heterocycles. The number of hydrogen-bond acceptors (Lipinski definition) is 6. The molecule has 0 aliphatic carbocycles. The van der Waals surface area contributed by atoms with Crippen LogP contribution < -0.4 is 4.90 Å². The summed E-state index contributed by atoms with van der Waals surface area (Å²) < 4.78 is 33.5. The van der Waals surface area contributed by atoms with Gasteiger partial charge >= 0.3 is 0 Å². The molecule has 9 heteroatoms. The highest BCUT2D eigenvalue weighted by atomic mass is 32.2. The number of carbonyl (C=O) groups is 1. The van der Waals surface area contributed by atoms with Gasteiger partial charge in [0.25, 0.3) is 0 Å². The van der Waals surface area contributed by atoms with Gasteiger partial charge in [-0.15, -0.1) is 0 Å². The Hall–Kier alpha value is -2.33. The maximum Gasteiger partial charge on any atom is 0.247 e. The first kappa shape index (κ1) is 21.5. The van der Waals surface area contributed by atoms with E-state index < -0.39 is 16.1 Å². The second kappa shape index (κ2) is 8.55. The van der Waals surface area contributed by atoms with Crippen molar-refractivity contribution in [1.82, 2.24) is 9.29 Å². The van der Waals surface area contributed by atoms with Crippen LogP contribution in [-0.2, 0) is 32.5 Å². The summed E-state index contributed by atoms with van der Waals surface area (Å²) in [5.74, 6) is -0.250. The normalized spacial score (nSPS) is 21.5. The van der Waals surface area contributed by atoms with Crippen LogP contribution in [0.4, 0.5) is 5.13 Å². The van der Waals surface area contributed by atoms with Crippen molar-refractivity contribution in [1.29, 1.82) is 0 Å². The second-order valence-electron chi connectivity index (χ2n) is 8.34. The lowest BCUT2D eigenvalue weighted by Gasteiger charge is -2.37. The minimum Gasteiger partial charge on any atom is -0.376 e. The Kier molecular flexibility index (Phi) is 5.75. The fraction of sp³-hybridized carbons (Fsp3) is 0.391. The molecule has 0 N–H and O–H groups in total. The molecule has 0 saturated carbocycles. The molecular formula is C23H25N3O4S2. The van der Waals surface area contributed by atoms with Crippen LogP contribution in [0.15, 0.2) is 48.5 Å². The van der Waals surface area contributed by atoms with Crippen LogP contribution in [0, 0.1) is 0 Å². The van der Waals surface area contributed by atoms with Crippen molar-refractivity contribution in [2.24, 2.45) is 0 Å². The van der Waals surface area contributed by atoms with E-state index in [-0.39, 0.29) is 18.6 Å². The molecule has 3 heterocycles. The van der Waals surface area contributed by atoms with Crippen molar-refractivity contribution < 1.29 is 17.9 Å². The molecule has 2 atom stereocenters. The Labute approximate surface area is 191 Å². The van der Waals surface area contributed by atoms with Crippen molar-refractivity contribution in [3.05, 3.63) is 59.7 Å². The number of carbonyl (C=O) groups excluding carboxylic acids is 1. The molecule has 0 spiro atoms. The van der Waals surface area contributed by atoms with E-state index in [9.17, 15) is 13.2 Å². The lowest BCUT2D eigenvalue weighted by Crippen LogP contribution is -2.54.